The van der Waals surface area contributed by atoms with Gasteiger partial charge in [0.05, 0.1) is 27.7 Å². The lowest BCUT2D eigenvalue weighted by atomic mass is 10.1. The van der Waals surface area contributed by atoms with Gasteiger partial charge in [-0.3, -0.25) is 14.2 Å². The molecule has 2 atom stereocenters. The van der Waals surface area contributed by atoms with E-state index in [4.69, 9.17) is 18.5 Å². The first-order chi connectivity index (χ1) is 40.0. The Labute approximate surface area is 501 Å². The number of unbranched alkanes of at least 4 members (excludes halogenated alkanes) is 8. The van der Waals surface area contributed by atoms with Crippen LogP contribution in [0.2, 0.25) is 0 Å². The van der Waals surface area contributed by atoms with Gasteiger partial charge in [-0.25, -0.2) is 0 Å². The Morgan fingerprint density at radius 1 is 0.378 bits per heavy atom. The SMILES string of the molecule is CC/C=C\C/C=C\C/C=C\C/C=C\C/C=C\C/C=C\C/C=C\C/C=C\C/C=C\C/C=C\C/C=C\CCCCCCCC(=O)OC(COC(=O)CCCCC/C=C\C/C=C\C/C=C\C/C=C\C/C=C\CC)COP(=O)([O-])OCC[N+](C)(C)C. The summed E-state index contributed by atoms with van der Waals surface area (Å²) in [4.78, 5) is 37.9. The van der Waals surface area contributed by atoms with Gasteiger partial charge in [-0.05, 0) is 141 Å². The Bertz CT molecular complexity index is 2080. The highest BCUT2D eigenvalue weighted by Gasteiger charge is 2.21. The largest absolute Gasteiger partial charge is 0.756 e. The molecule has 0 aliphatic rings. The van der Waals surface area contributed by atoms with Gasteiger partial charge in [0.15, 0.2) is 6.10 Å². The van der Waals surface area contributed by atoms with E-state index in [9.17, 15) is 19.0 Å². The molecule has 0 fully saturated rings. The smallest absolute Gasteiger partial charge is 0.306 e. The Hall–Kier alpha value is -5.15. The van der Waals surface area contributed by atoms with Crippen molar-refractivity contribution in [1.82, 2.24) is 0 Å². The van der Waals surface area contributed by atoms with E-state index < -0.39 is 32.5 Å². The number of ether oxygens (including phenoxy) is 2. The second-order valence-electron chi connectivity index (χ2n) is 20.9. The molecule has 0 aromatic carbocycles. The summed E-state index contributed by atoms with van der Waals surface area (Å²) < 4.78 is 34.1. The van der Waals surface area contributed by atoms with E-state index >= 15 is 0 Å². The molecular weight excluding hydrogens is 1040 g/mol. The molecular formula is C72H112NO8P. The van der Waals surface area contributed by atoms with Crippen LogP contribution in [0.25, 0.3) is 0 Å². The zero-order valence-corrected chi connectivity index (χ0v) is 52.7. The summed E-state index contributed by atoms with van der Waals surface area (Å²) in [6, 6.07) is 0. The molecule has 0 aromatic heterocycles. The number of esters is 2. The van der Waals surface area contributed by atoms with Crippen molar-refractivity contribution < 1.29 is 42.1 Å². The Balaban J connectivity index is 4.26. The predicted molar refractivity (Wildman–Crippen MR) is 350 cm³/mol. The maximum Gasteiger partial charge on any atom is 0.306 e. The van der Waals surface area contributed by atoms with Crippen LogP contribution in [0.1, 0.15) is 194 Å². The zero-order chi connectivity index (χ0) is 59.8. The molecule has 0 aliphatic heterocycles. The number of hydrogen-bond donors (Lipinski definition) is 0. The molecule has 458 valence electrons. The monoisotopic (exact) mass is 1150 g/mol. The molecule has 0 N–H and O–H groups in total. The Morgan fingerprint density at radius 2 is 0.659 bits per heavy atom. The highest BCUT2D eigenvalue weighted by Crippen LogP contribution is 2.38. The summed E-state index contributed by atoms with van der Waals surface area (Å²) >= 11 is 0. The van der Waals surface area contributed by atoms with Gasteiger partial charge in [-0.2, -0.15) is 0 Å². The van der Waals surface area contributed by atoms with Crippen molar-refractivity contribution in [2.75, 3.05) is 47.5 Å². The average Bonchev–Trinajstić information content (AvgIpc) is 3.46. The van der Waals surface area contributed by atoms with Crippen LogP contribution in [0.5, 0.6) is 0 Å². The highest BCUT2D eigenvalue weighted by atomic mass is 31.2. The summed E-state index contributed by atoms with van der Waals surface area (Å²) in [5.74, 6) is -0.912. The first-order valence-corrected chi connectivity index (χ1v) is 32.6. The van der Waals surface area contributed by atoms with Gasteiger partial charge >= 0.3 is 11.9 Å². The van der Waals surface area contributed by atoms with E-state index in [0.717, 1.165) is 154 Å². The molecule has 0 rings (SSSR count). The molecule has 0 radical (unpaired) electrons. The number of phosphoric acid groups is 1. The lowest BCUT2D eigenvalue weighted by molar-refractivity contribution is -0.870. The minimum atomic E-state index is -4.67. The first kappa shape index (κ1) is 76.9. The first-order valence-electron chi connectivity index (χ1n) is 31.1. The second-order valence-corrected chi connectivity index (χ2v) is 22.4. The van der Waals surface area contributed by atoms with Gasteiger partial charge in [0.2, 0.25) is 0 Å². The molecule has 0 saturated carbocycles. The lowest BCUT2D eigenvalue weighted by Gasteiger charge is -2.28. The topological polar surface area (TPSA) is 111 Å². The van der Waals surface area contributed by atoms with Gasteiger partial charge in [0, 0.05) is 12.8 Å². The third-order valence-corrected chi connectivity index (χ3v) is 13.1. The average molecular weight is 1150 g/mol. The van der Waals surface area contributed by atoms with E-state index in [1.165, 1.54) is 0 Å². The van der Waals surface area contributed by atoms with Crippen molar-refractivity contribution in [2.45, 2.75) is 200 Å². The van der Waals surface area contributed by atoms with E-state index in [0.29, 0.717) is 23.9 Å². The number of carbonyl (C=O) groups excluding carboxylic acids is 2. The van der Waals surface area contributed by atoms with Crippen LogP contribution in [0, 0.1) is 0 Å². The molecule has 0 heterocycles. The molecule has 0 aliphatic carbocycles. The number of hydrogen-bond acceptors (Lipinski definition) is 8. The number of rotatable bonds is 54. The van der Waals surface area contributed by atoms with Crippen molar-refractivity contribution in [1.29, 1.82) is 0 Å². The van der Waals surface area contributed by atoms with Crippen molar-refractivity contribution >= 4 is 19.8 Å². The molecule has 0 aromatic rings. The maximum atomic E-state index is 12.8. The molecule has 10 heteroatoms. The van der Waals surface area contributed by atoms with Crippen LogP contribution in [-0.4, -0.2) is 70.0 Å². The lowest BCUT2D eigenvalue weighted by Crippen LogP contribution is -2.37. The van der Waals surface area contributed by atoms with E-state index in [2.05, 4.69) is 208 Å². The van der Waals surface area contributed by atoms with Gasteiger partial charge in [-0.1, -0.05) is 234 Å². The Morgan fingerprint density at radius 3 is 0.988 bits per heavy atom. The number of nitrogens with zero attached hydrogens (tertiary/aromatic N) is 1. The summed E-state index contributed by atoms with van der Waals surface area (Å²) in [7, 11) is 1.10. The molecule has 0 amide bonds. The van der Waals surface area contributed by atoms with Gasteiger partial charge in [-0.15, -0.1) is 0 Å². The second kappa shape index (κ2) is 60.4. The van der Waals surface area contributed by atoms with Crippen LogP contribution >= 0.6 is 7.82 Å². The quantitative estimate of drug-likeness (QED) is 0.0195. The van der Waals surface area contributed by atoms with E-state index in [-0.39, 0.29) is 26.1 Å². The summed E-state index contributed by atoms with van der Waals surface area (Å²) in [5, 5.41) is 0. The van der Waals surface area contributed by atoms with Crippen LogP contribution in [-0.2, 0) is 32.7 Å². The maximum absolute atomic E-state index is 12.8. The predicted octanol–water partition coefficient (Wildman–Crippen LogP) is 19.5. The molecule has 0 bridgehead atoms. The normalized spacial score (nSPS) is 14.6. The van der Waals surface area contributed by atoms with Crippen molar-refractivity contribution in [3.63, 3.8) is 0 Å². The number of carbonyl (C=O) groups is 2. The van der Waals surface area contributed by atoms with Crippen molar-refractivity contribution in [3.8, 4) is 0 Å². The van der Waals surface area contributed by atoms with Gasteiger partial charge in [0.1, 0.15) is 19.8 Å². The fourth-order valence-corrected chi connectivity index (χ4v) is 8.12. The van der Waals surface area contributed by atoms with Crippen molar-refractivity contribution in [3.05, 3.63) is 194 Å². The minimum absolute atomic E-state index is 0.0523. The zero-order valence-electron chi connectivity index (χ0n) is 51.8. The number of allylic oxidation sites excluding steroid dienone is 32. The van der Waals surface area contributed by atoms with E-state index in [1.807, 2.05) is 21.1 Å². The summed E-state index contributed by atoms with van der Waals surface area (Å²) in [6.07, 6.45) is 94.9. The number of likely N-dealkylation sites (N-methyl/N-ethyl adjacent to an activating group) is 1. The third-order valence-electron chi connectivity index (χ3n) is 12.1. The van der Waals surface area contributed by atoms with Crippen LogP contribution in [0.3, 0.4) is 0 Å². The fraction of sp³-hybridized carbons (Fsp3) is 0.528. The fourth-order valence-electron chi connectivity index (χ4n) is 7.39. The highest BCUT2D eigenvalue weighted by molar-refractivity contribution is 7.45. The van der Waals surface area contributed by atoms with Gasteiger partial charge in [0.25, 0.3) is 7.82 Å². The molecule has 2 unspecified atom stereocenters. The van der Waals surface area contributed by atoms with Crippen molar-refractivity contribution in [2.24, 2.45) is 0 Å². The standard InChI is InChI=1S/C72H112NO8P/c1-6-8-10-12-14-16-18-20-22-24-26-27-28-29-30-31-32-33-34-35-36-37-38-39-40-41-42-43-44-45-47-49-51-53-55-57-59-61-63-65-72(75)81-70(69-80-82(76,77)79-67-66-73(3,4)5)68-78-71(74)64-62-60-58-56-54-52-50-48-46-25-23-21-19-17-15-13-11-9-7-2/h8-11,14-17,20-23,26-27,29-30,32-33,35-36,38-39,41-42,44-46,48-49,51-52,54,70H,6-7,12-13,18-19,24-25,28,31,34,37,40,43,47,50,53,55-69H2,1-5H3/b10-8-,11-9-,16-14-,17-15-,22-20-,23-21-,27-26-,30-29-,33-32-,36-35-,39-38-,42-41-,45-44-,48-46-,51-49-,54-52-. The minimum Gasteiger partial charge on any atom is -0.756 e. The van der Waals surface area contributed by atoms with Crippen LogP contribution in [0.15, 0.2) is 194 Å². The summed E-state index contributed by atoms with van der Waals surface area (Å²) in [6.45, 7) is 3.91. The van der Waals surface area contributed by atoms with Crippen LogP contribution in [0.4, 0.5) is 0 Å². The Kier molecular flexibility index (Phi) is 56.6. The van der Waals surface area contributed by atoms with Gasteiger partial charge < -0.3 is 27.9 Å². The molecule has 82 heavy (non-hydrogen) atoms. The third kappa shape index (κ3) is 64.0. The summed E-state index contributed by atoms with van der Waals surface area (Å²) in [5.41, 5.74) is 0. The van der Waals surface area contributed by atoms with E-state index in [1.54, 1.807) is 0 Å². The number of quaternary nitrogens is 1. The molecule has 0 saturated heterocycles. The molecule has 0 spiro atoms. The number of phosphoric ester groups is 1. The van der Waals surface area contributed by atoms with Crippen LogP contribution < -0.4 is 4.89 Å². The molecule has 9 nitrogen and oxygen atoms in total.